The molecule has 0 saturated carbocycles. The van der Waals surface area contributed by atoms with Crippen molar-refractivity contribution in [2.45, 2.75) is 6.42 Å². The smallest absolute Gasteiger partial charge is 0.163 e. The highest BCUT2D eigenvalue weighted by atomic mass is 16.5. The molecule has 0 bridgehead atoms. The van der Waals surface area contributed by atoms with Crippen LogP contribution in [0.2, 0.25) is 0 Å². The predicted molar refractivity (Wildman–Crippen MR) is 35.8 cm³/mol. The Hall–Kier alpha value is -0.410. The van der Waals surface area contributed by atoms with E-state index in [1.165, 1.54) is 7.11 Å². The normalized spacial score (nSPS) is 25.1. The summed E-state index contributed by atoms with van der Waals surface area (Å²) in [5.74, 6) is 0.264. The Kier molecular flexibility index (Phi) is 2.83. The Labute approximate surface area is 60.3 Å². The SMILES string of the molecule is COCC(=O)C1CCOC1. The number of carbonyl (C=O) groups is 1. The zero-order valence-electron chi connectivity index (χ0n) is 6.13. The highest BCUT2D eigenvalue weighted by molar-refractivity contribution is 5.82. The Morgan fingerprint density at radius 2 is 2.60 bits per heavy atom. The Morgan fingerprint density at radius 3 is 3.10 bits per heavy atom. The number of methoxy groups -OCH3 is 1. The first kappa shape index (κ1) is 7.69. The maximum Gasteiger partial charge on any atom is 0.163 e. The van der Waals surface area contributed by atoms with Crippen LogP contribution in [0.5, 0.6) is 0 Å². The van der Waals surface area contributed by atoms with Crippen molar-refractivity contribution in [3.05, 3.63) is 0 Å². The average Bonchev–Trinajstić information content (AvgIpc) is 2.38. The molecule has 1 atom stereocenters. The molecule has 0 aromatic heterocycles. The van der Waals surface area contributed by atoms with Crippen molar-refractivity contribution in [1.82, 2.24) is 0 Å². The molecule has 0 aromatic carbocycles. The van der Waals surface area contributed by atoms with Crippen molar-refractivity contribution in [3.63, 3.8) is 0 Å². The number of hydrogen-bond acceptors (Lipinski definition) is 3. The highest BCUT2D eigenvalue weighted by Crippen LogP contribution is 2.12. The molecule has 10 heavy (non-hydrogen) atoms. The summed E-state index contributed by atoms with van der Waals surface area (Å²) < 4.78 is 9.76. The highest BCUT2D eigenvalue weighted by Gasteiger charge is 2.22. The molecule has 0 aromatic rings. The van der Waals surface area contributed by atoms with Crippen LogP contribution in [0.15, 0.2) is 0 Å². The maximum absolute atomic E-state index is 11.0. The van der Waals surface area contributed by atoms with Crippen LogP contribution in [-0.2, 0) is 14.3 Å². The fourth-order valence-corrected chi connectivity index (χ4v) is 1.05. The molecular formula is C7H12O3. The fraction of sp³-hybridized carbons (Fsp3) is 0.857. The minimum Gasteiger partial charge on any atom is -0.381 e. The summed E-state index contributed by atoms with van der Waals surface area (Å²) in [5.41, 5.74) is 0. The molecule has 1 unspecified atom stereocenters. The topological polar surface area (TPSA) is 35.5 Å². The molecule has 0 spiro atoms. The molecule has 1 heterocycles. The predicted octanol–water partition coefficient (Wildman–Crippen LogP) is 0.238. The van der Waals surface area contributed by atoms with Gasteiger partial charge in [-0.1, -0.05) is 0 Å². The Balaban J connectivity index is 2.25. The van der Waals surface area contributed by atoms with Crippen LogP contribution in [0.4, 0.5) is 0 Å². The van der Waals surface area contributed by atoms with Crippen LogP contribution in [0, 0.1) is 5.92 Å². The third-order valence-electron chi connectivity index (χ3n) is 1.67. The second-order valence-corrected chi connectivity index (χ2v) is 2.46. The molecule has 1 aliphatic heterocycles. The fourth-order valence-electron chi connectivity index (χ4n) is 1.05. The van der Waals surface area contributed by atoms with E-state index in [4.69, 9.17) is 9.47 Å². The van der Waals surface area contributed by atoms with Gasteiger partial charge >= 0.3 is 0 Å². The second kappa shape index (κ2) is 3.68. The van der Waals surface area contributed by atoms with Gasteiger partial charge in [0.15, 0.2) is 5.78 Å². The molecule has 3 nitrogen and oxygen atoms in total. The molecule has 0 aliphatic carbocycles. The van der Waals surface area contributed by atoms with Gasteiger partial charge in [-0.15, -0.1) is 0 Å². The van der Waals surface area contributed by atoms with Gasteiger partial charge in [0.1, 0.15) is 6.61 Å². The molecule has 1 aliphatic rings. The van der Waals surface area contributed by atoms with Crippen LogP contribution >= 0.6 is 0 Å². The van der Waals surface area contributed by atoms with E-state index >= 15 is 0 Å². The van der Waals surface area contributed by atoms with Gasteiger partial charge in [-0.3, -0.25) is 4.79 Å². The van der Waals surface area contributed by atoms with Gasteiger partial charge < -0.3 is 9.47 Å². The summed E-state index contributed by atoms with van der Waals surface area (Å²) >= 11 is 0. The van der Waals surface area contributed by atoms with Gasteiger partial charge in [-0.2, -0.15) is 0 Å². The molecule has 0 N–H and O–H groups in total. The van der Waals surface area contributed by atoms with Crippen LogP contribution in [0.3, 0.4) is 0 Å². The standard InChI is InChI=1S/C7H12O3/c1-9-5-7(8)6-2-3-10-4-6/h6H,2-5H2,1H3. The number of carbonyl (C=O) groups excluding carboxylic acids is 1. The average molecular weight is 144 g/mol. The van der Waals surface area contributed by atoms with Gasteiger partial charge in [-0.25, -0.2) is 0 Å². The zero-order valence-corrected chi connectivity index (χ0v) is 6.13. The van der Waals surface area contributed by atoms with Gasteiger partial charge in [0.2, 0.25) is 0 Å². The van der Waals surface area contributed by atoms with Crippen molar-refractivity contribution >= 4 is 5.78 Å². The maximum atomic E-state index is 11.0. The monoisotopic (exact) mass is 144 g/mol. The van der Waals surface area contributed by atoms with E-state index in [9.17, 15) is 4.79 Å². The van der Waals surface area contributed by atoms with E-state index in [0.717, 1.165) is 13.0 Å². The van der Waals surface area contributed by atoms with Crippen molar-refractivity contribution in [2.75, 3.05) is 26.9 Å². The molecule has 58 valence electrons. The van der Waals surface area contributed by atoms with E-state index in [2.05, 4.69) is 0 Å². The largest absolute Gasteiger partial charge is 0.381 e. The number of ketones is 1. The van der Waals surface area contributed by atoms with Crippen LogP contribution in [0.25, 0.3) is 0 Å². The lowest BCUT2D eigenvalue weighted by atomic mass is 10.0. The first-order chi connectivity index (χ1) is 4.84. The Morgan fingerprint density at radius 1 is 1.80 bits per heavy atom. The number of ether oxygens (including phenoxy) is 2. The van der Waals surface area contributed by atoms with E-state index < -0.39 is 0 Å². The molecule has 1 saturated heterocycles. The number of rotatable bonds is 3. The molecule has 1 rings (SSSR count). The summed E-state index contributed by atoms with van der Waals surface area (Å²) in [4.78, 5) is 11.0. The summed E-state index contributed by atoms with van der Waals surface area (Å²) in [5, 5.41) is 0. The summed E-state index contributed by atoms with van der Waals surface area (Å²) in [6.45, 7) is 1.54. The van der Waals surface area contributed by atoms with Gasteiger partial charge in [0.05, 0.1) is 6.61 Å². The molecule has 3 heteroatoms. The second-order valence-electron chi connectivity index (χ2n) is 2.46. The van der Waals surface area contributed by atoms with E-state index in [0.29, 0.717) is 6.61 Å². The number of Topliss-reactive ketones (excluding diaryl/α,β-unsaturated/α-hetero) is 1. The van der Waals surface area contributed by atoms with Crippen molar-refractivity contribution < 1.29 is 14.3 Å². The minimum atomic E-state index is 0.0972. The first-order valence-electron chi connectivity index (χ1n) is 3.44. The summed E-state index contributed by atoms with van der Waals surface area (Å²) in [6, 6.07) is 0. The van der Waals surface area contributed by atoms with E-state index in [1.807, 2.05) is 0 Å². The van der Waals surface area contributed by atoms with Crippen molar-refractivity contribution in [3.8, 4) is 0 Å². The van der Waals surface area contributed by atoms with Crippen molar-refractivity contribution in [2.24, 2.45) is 5.92 Å². The lowest BCUT2D eigenvalue weighted by Gasteiger charge is -2.03. The molecule has 1 fully saturated rings. The third-order valence-corrected chi connectivity index (χ3v) is 1.67. The van der Waals surface area contributed by atoms with Gasteiger partial charge in [-0.05, 0) is 6.42 Å². The summed E-state index contributed by atoms with van der Waals surface area (Å²) in [6.07, 6.45) is 0.863. The zero-order chi connectivity index (χ0) is 7.40. The van der Waals surface area contributed by atoms with E-state index in [1.54, 1.807) is 0 Å². The van der Waals surface area contributed by atoms with Gasteiger partial charge in [0.25, 0.3) is 0 Å². The van der Waals surface area contributed by atoms with Gasteiger partial charge in [0, 0.05) is 19.6 Å². The summed E-state index contributed by atoms with van der Waals surface area (Å²) in [7, 11) is 1.54. The van der Waals surface area contributed by atoms with E-state index in [-0.39, 0.29) is 18.3 Å². The quantitative estimate of drug-likeness (QED) is 0.569. The first-order valence-corrected chi connectivity index (χ1v) is 3.44. The molecule has 0 amide bonds. The van der Waals surface area contributed by atoms with Crippen LogP contribution in [0.1, 0.15) is 6.42 Å². The van der Waals surface area contributed by atoms with Crippen LogP contribution < -0.4 is 0 Å². The Bertz CT molecular complexity index is 116. The lowest BCUT2D eigenvalue weighted by molar-refractivity contribution is -0.126. The third kappa shape index (κ3) is 1.78. The van der Waals surface area contributed by atoms with Crippen LogP contribution in [-0.4, -0.2) is 32.7 Å². The number of hydrogen-bond donors (Lipinski definition) is 0. The molecular weight excluding hydrogens is 132 g/mol. The minimum absolute atomic E-state index is 0.0972. The lowest BCUT2D eigenvalue weighted by Crippen LogP contribution is -2.18. The van der Waals surface area contributed by atoms with Crippen molar-refractivity contribution in [1.29, 1.82) is 0 Å². The molecule has 0 radical (unpaired) electrons.